The molecule has 4 aromatic rings. The topological polar surface area (TPSA) is 51.5 Å². The monoisotopic (exact) mass is 477 g/mol. The van der Waals surface area contributed by atoms with Crippen LogP contribution >= 0.6 is 11.6 Å². The van der Waals surface area contributed by atoms with Crippen LogP contribution in [0, 0.1) is 5.82 Å². The first-order valence-electron chi connectivity index (χ1n) is 9.71. The third kappa shape index (κ3) is 4.80. The van der Waals surface area contributed by atoms with Gasteiger partial charge in [-0.25, -0.2) is 9.18 Å². The third-order valence-corrected chi connectivity index (χ3v) is 5.41. The van der Waals surface area contributed by atoms with Crippen molar-refractivity contribution >= 4 is 28.5 Å². The van der Waals surface area contributed by atoms with Crippen molar-refractivity contribution in [3.05, 3.63) is 100.0 Å². The van der Waals surface area contributed by atoms with Gasteiger partial charge in [-0.2, -0.15) is 13.2 Å². The molecule has 0 aliphatic rings. The summed E-state index contributed by atoms with van der Waals surface area (Å²) in [5.41, 5.74) is 0.395. The SMILES string of the molecule is O=C(O)c1cccc2c1ccn2Cc1cc(Cl)ccc1OCc1ccc(C(F)(F)F)cc1F. The number of carbonyl (C=O) groups is 1. The third-order valence-electron chi connectivity index (χ3n) is 5.17. The number of carboxylic acid groups (broad SMARTS) is 1. The van der Waals surface area contributed by atoms with Crippen LogP contribution in [0.1, 0.15) is 27.0 Å². The van der Waals surface area contributed by atoms with Crippen molar-refractivity contribution in [1.82, 2.24) is 4.57 Å². The van der Waals surface area contributed by atoms with Crippen molar-refractivity contribution in [1.29, 1.82) is 0 Å². The maximum Gasteiger partial charge on any atom is 0.416 e. The molecular formula is C24H16ClF4NO3. The van der Waals surface area contributed by atoms with Crippen LogP contribution in [0.15, 0.2) is 66.9 Å². The van der Waals surface area contributed by atoms with Crippen molar-refractivity contribution in [2.45, 2.75) is 19.3 Å². The molecule has 0 aliphatic heterocycles. The summed E-state index contributed by atoms with van der Waals surface area (Å²) < 4.78 is 60.0. The zero-order valence-electron chi connectivity index (χ0n) is 16.9. The van der Waals surface area contributed by atoms with E-state index in [0.717, 1.165) is 12.1 Å². The zero-order valence-corrected chi connectivity index (χ0v) is 17.6. The summed E-state index contributed by atoms with van der Waals surface area (Å²) >= 11 is 6.14. The van der Waals surface area contributed by atoms with E-state index in [1.807, 2.05) is 4.57 Å². The van der Waals surface area contributed by atoms with Crippen molar-refractivity contribution in [2.24, 2.45) is 0 Å². The molecule has 0 spiro atoms. The molecule has 1 N–H and O–H groups in total. The summed E-state index contributed by atoms with van der Waals surface area (Å²) in [6, 6.07) is 13.8. The fraction of sp³-hybridized carbons (Fsp3) is 0.125. The van der Waals surface area contributed by atoms with Crippen LogP contribution in [-0.2, 0) is 19.3 Å². The average Bonchev–Trinajstić information content (AvgIpc) is 3.16. The van der Waals surface area contributed by atoms with Crippen LogP contribution in [0.5, 0.6) is 5.75 Å². The minimum absolute atomic E-state index is 0.0265. The van der Waals surface area contributed by atoms with E-state index in [1.165, 1.54) is 6.07 Å². The van der Waals surface area contributed by atoms with Crippen LogP contribution < -0.4 is 4.74 Å². The zero-order chi connectivity index (χ0) is 23.8. The van der Waals surface area contributed by atoms with Crippen LogP contribution in [0.25, 0.3) is 10.9 Å². The van der Waals surface area contributed by atoms with Gasteiger partial charge in [0.05, 0.1) is 17.7 Å². The Bertz CT molecular complexity index is 1350. The quantitative estimate of drug-likeness (QED) is 0.311. The molecule has 0 aliphatic carbocycles. The lowest BCUT2D eigenvalue weighted by Gasteiger charge is -2.15. The van der Waals surface area contributed by atoms with Gasteiger partial charge in [-0.15, -0.1) is 0 Å². The number of benzene rings is 3. The van der Waals surface area contributed by atoms with Crippen LogP contribution in [0.3, 0.4) is 0 Å². The van der Waals surface area contributed by atoms with Crippen molar-refractivity contribution in [3.63, 3.8) is 0 Å². The molecule has 0 bridgehead atoms. The number of rotatable bonds is 6. The van der Waals surface area contributed by atoms with Crippen LogP contribution in [0.4, 0.5) is 17.6 Å². The lowest BCUT2D eigenvalue weighted by atomic mass is 10.1. The minimum Gasteiger partial charge on any atom is -0.488 e. The van der Waals surface area contributed by atoms with E-state index in [1.54, 1.807) is 42.6 Å². The first kappa shape index (κ1) is 22.7. The van der Waals surface area contributed by atoms with E-state index >= 15 is 0 Å². The van der Waals surface area contributed by atoms with Gasteiger partial charge in [0.15, 0.2) is 0 Å². The van der Waals surface area contributed by atoms with Crippen LogP contribution in [0.2, 0.25) is 5.02 Å². The highest BCUT2D eigenvalue weighted by atomic mass is 35.5. The van der Waals surface area contributed by atoms with Crippen LogP contribution in [-0.4, -0.2) is 15.6 Å². The van der Waals surface area contributed by atoms with E-state index in [2.05, 4.69) is 0 Å². The second-order valence-corrected chi connectivity index (χ2v) is 7.77. The fourth-order valence-electron chi connectivity index (χ4n) is 3.54. The predicted octanol–water partition coefficient (Wildman–Crippen LogP) is 6.78. The summed E-state index contributed by atoms with van der Waals surface area (Å²) in [6.07, 6.45) is -2.90. The normalized spacial score (nSPS) is 11.7. The summed E-state index contributed by atoms with van der Waals surface area (Å²) in [5, 5.41) is 10.4. The Balaban J connectivity index is 1.60. The first-order chi connectivity index (χ1) is 15.6. The first-order valence-corrected chi connectivity index (χ1v) is 10.1. The lowest BCUT2D eigenvalue weighted by molar-refractivity contribution is -0.137. The molecule has 33 heavy (non-hydrogen) atoms. The summed E-state index contributed by atoms with van der Waals surface area (Å²) in [4.78, 5) is 11.5. The number of ether oxygens (including phenoxy) is 1. The van der Waals surface area contributed by atoms with Gasteiger partial charge in [0, 0.05) is 33.2 Å². The van der Waals surface area contributed by atoms with Gasteiger partial charge < -0.3 is 14.4 Å². The van der Waals surface area contributed by atoms with Crippen molar-refractivity contribution in [3.8, 4) is 5.75 Å². The van der Waals surface area contributed by atoms with Crippen molar-refractivity contribution < 1.29 is 32.2 Å². The van der Waals surface area contributed by atoms with Gasteiger partial charge in [0.1, 0.15) is 18.2 Å². The Kier molecular flexibility index (Phi) is 6.03. The molecule has 0 amide bonds. The molecule has 0 saturated carbocycles. The molecule has 1 heterocycles. The number of nitrogens with zero attached hydrogens (tertiary/aromatic N) is 1. The van der Waals surface area contributed by atoms with E-state index in [4.69, 9.17) is 16.3 Å². The molecule has 4 nitrogen and oxygen atoms in total. The molecule has 0 atom stereocenters. The van der Waals surface area contributed by atoms with Gasteiger partial charge in [-0.3, -0.25) is 0 Å². The Morgan fingerprint density at radius 2 is 1.82 bits per heavy atom. The second kappa shape index (κ2) is 8.78. The van der Waals surface area contributed by atoms with E-state index in [9.17, 15) is 27.5 Å². The lowest BCUT2D eigenvalue weighted by Crippen LogP contribution is -2.08. The maximum atomic E-state index is 14.2. The fourth-order valence-corrected chi connectivity index (χ4v) is 3.73. The maximum absolute atomic E-state index is 14.2. The Morgan fingerprint density at radius 3 is 2.52 bits per heavy atom. The highest BCUT2D eigenvalue weighted by molar-refractivity contribution is 6.30. The van der Waals surface area contributed by atoms with E-state index in [-0.39, 0.29) is 24.3 Å². The largest absolute Gasteiger partial charge is 0.488 e. The van der Waals surface area contributed by atoms with E-state index in [0.29, 0.717) is 33.3 Å². The average molecular weight is 478 g/mol. The molecule has 0 fully saturated rings. The van der Waals surface area contributed by atoms with E-state index < -0.39 is 23.5 Å². The smallest absolute Gasteiger partial charge is 0.416 e. The molecule has 0 saturated heterocycles. The molecule has 1 aromatic heterocycles. The molecule has 0 unspecified atom stereocenters. The van der Waals surface area contributed by atoms with Gasteiger partial charge >= 0.3 is 12.1 Å². The predicted molar refractivity (Wildman–Crippen MR) is 115 cm³/mol. The number of hydrogen-bond acceptors (Lipinski definition) is 2. The molecule has 170 valence electrons. The number of fused-ring (bicyclic) bond motifs is 1. The molecule has 0 radical (unpaired) electrons. The molecule has 3 aromatic carbocycles. The molecular weight excluding hydrogens is 462 g/mol. The number of hydrogen-bond donors (Lipinski definition) is 1. The van der Waals surface area contributed by atoms with Gasteiger partial charge in [-0.1, -0.05) is 23.7 Å². The number of aromatic nitrogens is 1. The van der Waals surface area contributed by atoms with Gasteiger partial charge in [-0.05, 0) is 48.5 Å². The number of aromatic carboxylic acids is 1. The number of carboxylic acids is 1. The Labute approximate surface area is 190 Å². The standard InChI is InChI=1S/C24H16ClF4NO3/c25-17-6-7-22(33-13-14-4-5-16(11-20(14)26)24(27,28)29)15(10-17)12-30-9-8-18-19(23(31)32)2-1-3-21(18)30/h1-11H,12-13H2,(H,31,32). The Hall–Kier alpha value is -3.52. The van der Waals surface area contributed by atoms with Gasteiger partial charge in [0.2, 0.25) is 0 Å². The molecule has 4 rings (SSSR count). The minimum atomic E-state index is -4.64. The summed E-state index contributed by atoms with van der Waals surface area (Å²) in [7, 11) is 0. The van der Waals surface area contributed by atoms with Gasteiger partial charge in [0.25, 0.3) is 0 Å². The number of alkyl halides is 3. The Morgan fingerprint density at radius 1 is 1.03 bits per heavy atom. The highest BCUT2D eigenvalue weighted by Gasteiger charge is 2.31. The molecule has 9 heteroatoms. The highest BCUT2D eigenvalue weighted by Crippen LogP contribution is 2.31. The summed E-state index contributed by atoms with van der Waals surface area (Å²) in [5.74, 6) is -1.68. The summed E-state index contributed by atoms with van der Waals surface area (Å²) in [6.45, 7) is -0.00779. The second-order valence-electron chi connectivity index (χ2n) is 7.33. The van der Waals surface area contributed by atoms with Crippen molar-refractivity contribution in [2.75, 3.05) is 0 Å². The number of halogens is 5.